The van der Waals surface area contributed by atoms with Crippen LogP contribution >= 0.6 is 0 Å². The van der Waals surface area contributed by atoms with E-state index in [4.69, 9.17) is 14.2 Å². The Balaban J connectivity index is 0.000000894. The highest BCUT2D eigenvalue weighted by molar-refractivity contribution is 5.72. The number of rotatable bonds is 6. The van der Waals surface area contributed by atoms with Crippen molar-refractivity contribution in [3.63, 3.8) is 0 Å². The van der Waals surface area contributed by atoms with Crippen LogP contribution in [0.25, 0.3) is 11.1 Å². The molecule has 184 valence electrons. The molecule has 3 aromatic rings. The van der Waals surface area contributed by atoms with Gasteiger partial charge in [0.2, 0.25) is 0 Å². The van der Waals surface area contributed by atoms with Crippen molar-refractivity contribution in [2.75, 3.05) is 26.1 Å². The quantitative estimate of drug-likeness (QED) is 0.407. The van der Waals surface area contributed by atoms with Crippen LogP contribution in [0, 0.1) is 11.7 Å². The molecule has 5 nitrogen and oxygen atoms in total. The third-order valence-corrected chi connectivity index (χ3v) is 6.08. The number of carbonyl (C=O) groups excluding carboxylic acids is 1. The molecule has 35 heavy (non-hydrogen) atoms. The predicted octanol–water partition coefficient (Wildman–Crippen LogP) is 6.57. The van der Waals surface area contributed by atoms with Crippen molar-refractivity contribution in [1.29, 1.82) is 0 Å². The highest BCUT2D eigenvalue weighted by Crippen LogP contribution is 2.36. The summed E-state index contributed by atoms with van der Waals surface area (Å²) in [5, 5.41) is 3.52. The Bertz CT molecular complexity index is 1160. The van der Waals surface area contributed by atoms with Crippen LogP contribution in [0.3, 0.4) is 0 Å². The maximum absolute atomic E-state index is 14.3. The Morgan fingerprint density at radius 1 is 1.06 bits per heavy atom. The maximum Gasteiger partial charge on any atom is 0.308 e. The van der Waals surface area contributed by atoms with E-state index in [1.807, 2.05) is 49.4 Å². The summed E-state index contributed by atoms with van der Waals surface area (Å²) in [6, 6.07) is 18.3. The minimum Gasteiger partial charge on any atom is -0.497 e. The first-order chi connectivity index (χ1) is 17.0. The minimum absolute atomic E-state index is 0.0417. The molecule has 0 spiro atoms. The topological polar surface area (TPSA) is 56.8 Å². The van der Waals surface area contributed by atoms with Gasteiger partial charge in [-0.3, -0.25) is 4.79 Å². The van der Waals surface area contributed by atoms with Crippen molar-refractivity contribution in [3.8, 4) is 22.6 Å². The third kappa shape index (κ3) is 6.32. The second-order valence-electron chi connectivity index (χ2n) is 9.00. The van der Waals surface area contributed by atoms with Gasteiger partial charge < -0.3 is 19.5 Å². The SMILES string of the molecule is C1CC1.COC(=O)C(C)Cc1ccc2c(c1)NC(c1ccc(-c3cc(OC)ccc3F)cc1)CO2. The predicted molar refractivity (Wildman–Crippen MR) is 135 cm³/mol. The van der Waals surface area contributed by atoms with E-state index in [1.54, 1.807) is 19.2 Å². The zero-order chi connectivity index (χ0) is 24.8. The van der Waals surface area contributed by atoms with Crippen molar-refractivity contribution < 1.29 is 23.4 Å². The van der Waals surface area contributed by atoms with Gasteiger partial charge in [0, 0.05) is 5.56 Å². The fraction of sp³-hybridized carbons (Fsp3) is 0.345. The first-order valence-electron chi connectivity index (χ1n) is 12.0. The number of hydrogen-bond donors (Lipinski definition) is 1. The normalized spacial score (nSPS) is 16.4. The van der Waals surface area contributed by atoms with Gasteiger partial charge in [0.05, 0.1) is 31.9 Å². The van der Waals surface area contributed by atoms with E-state index in [1.165, 1.54) is 32.4 Å². The number of nitrogens with one attached hydrogen (secondary N) is 1. The van der Waals surface area contributed by atoms with Gasteiger partial charge in [-0.2, -0.15) is 0 Å². The fourth-order valence-electron chi connectivity index (χ4n) is 3.91. The van der Waals surface area contributed by atoms with Crippen molar-refractivity contribution in [2.24, 2.45) is 5.92 Å². The second-order valence-corrected chi connectivity index (χ2v) is 9.00. The Kier molecular flexibility index (Phi) is 7.91. The molecular formula is C29H32FNO4. The van der Waals surface area contributed by atoms with E-state index in [0.717, 1.165) is 28.1 Å². The summed E-state index contributed by atoms with van der Waals surface area (Å²) >= 11 is 0. The molecule has 3 aromatic carbocycles. The fourth-order valence-corrected chi connectivity index (χ4v) is 3.91. The second kappa shape index (κ2) is 11.3. The van der Waals surface area contributed by atoms with Crippen LogP contribution in [0.2, 0.25) is 0 Å². The molecule has 2 atom stereocenters. The number of carbonyl (C=O) groups is 1. The summed E-state index contributed by atoms with van der Waals surface area (Å²) in [6.45, 7) is 2.34. The molecule has 1 saturated carbocycles. The molecule has 2 unspecified atom stereocenters. The lowest BCUT2D eigenvalue weighted by Gasteiger charge is -2.28. The summed E-state index contributed by atoms with van der Waals surface area (Å²) in [4.78, 5) is 11.7. The Morgan fingerprint density at radius 3 is 2.46 bits per heavy atom. The summed E-state index contributed by atoms with van der Waals surface area (Å²) in [5.74, 6) is 0.660. The lowest BCUT2D eigenvalue weighted by molar-refractivity contribution is -0.144. The largest absolute Gasteiger partial charge is 0.497 e. The molecule has 1 heterocycles. The molecule has 0 amide bonds. The Hall–Kier alpha value is -3.54. The zero-order valence-corrected chi connectivity index (χ0v) is 20.5. The maximum atomic E-state index is 14.3. The number of hydrogen-bond acceptors (Lipinski definition) is 5. The number of benzene rings is 3. The van der Waals surface area contributed by atoms with E-state index >= 15 is 0 Å². The van der Waals surface area contributed by atoms with Gasteiger partial charge >= 0.3 is 5.97 Å². The van der Waals surface area contributed by atoms with Crippen LogP contribution in [0.15, 0.2) is 60.7 Å². The monoisotopic (exact) mass is 477 g/mol. The van der Waals surface area contributed by atoms with Crippen molar-refractivity contribution >= 4 is 11.7 Å². The summed E-state index contributed by atoms with van der Waals surface area (Å²) in [6.07, 6.45) is 5.09. The number of methoxy groups -OCH3 is 2. The number of esters is 1. The molecule has 1 aliphatic heterocycles. The van der Waals surface area contributed by atoms with Crippen LogP contribution < -0.4 is 14.8 Å². The van der Waals surface area contributed by atoms with E-state index in [9.17, 15) is 9.18 Å². The summed E-state index contributed by atoms with van der Waals surface area (Å²) in [7, 11) is 2.97. The van der Waals surface area contributed by atoms with Gasteiger partial charge in [0.25, 0.3) is 0 Å². The van der Waals surface area contributed by atoms with Gasteiger partial charge in [-0.25, -0.2) is 4.39 Å². The van der Waals surface area contributed by atoms with Crippen LogP contribution in [0.4, 0.5) is 10.1 Å². The first kappa shape index (κ1) is 24.6. The molecule has 1 N–H and O–H groups in total. The van der Waals surface area contributed by atoms with Crippen LogP contribution in [0.5, 0.6) is 11.5 Å². The van der Waals surface area contributed by atoms with Crippen LogP contribution in [0.1, 0.15) is 43.4 Å². The van der Waals surface area contributed by atoms with Crippen LogP contribution in [-0.2, 0) is 16.0 Å². The van der Waals surface area contributed by atoms with E-state index in [0.29, 0.717) is 24.3 Å². The molecule has 2 aliphatic rings. The number of fused-ring (bicyclic) bond motifs is 1. The number of anilines is 1. The van der Waals surface area contributed by atoms with Crippen molar-refractivity contribution in [1.82, 2.24) is 0 Å². The molecule has 0 bridgehead atoms. The minimum atomic E-state index is -0.291. The van der Waals surface area contributed by atoms with E-state index in [-0.39, 0.29) is 23.7 Å². The van der Waals surface area contributed by atoms with E-state index < -0.39 is 0 Å². The lowest BCUT2D eigenvalue weighted by Crippen LogP contribution is -2.24. The molecular weight excluding hydrogens is 445 g/mol. The van der Waals surface area contributed by atoms with Gasteiger partial charge in [-0.05, 0) is 53.4 Å². The molecule has 0 aromatic heterocycles. The Morgan fingerprint density at radius 2 is 1.80 bits per heavy atom. The molecule has 1 fully saturated rings. The highest BCUT2D eigenvalue weighted by atomic mass is 19.1. The van der Waals surface area contributed by atoms with Gasteiger partial charge in [-0.1, -0.05) is 56.5 Å². The van der Waals surface area contributed by atoms with Gasteiger partial charge in [-0.15, -0.1) is 0 Å². The molecule has 0 saturated heterocycles. The smallest absolute Gasteiger partial charge is 0.308 e. The molecule has 0 radical (unpaired) electrons. The standard InChI is InChI=1S/C26H26FNO4.C3H6/c1-16(26(29)31-3)12-17-4-11-25-23(13-17)28-24(15-32-25)19-7-5-18(6-8-19)21-14-20(30-2)9-10-22(21)27;1-2-3-1/h4-11,13-14,16,24,28H,12,15H2,1-3H3;1-3H2. The average Bonchev–Trinajstić information content (AvgIpc) is 3.78. The summed E-state index contributed by atoms with van der Waals surface area (Å²) in [5.41, 5.74) is 4.23. The lowest BCUT2D eigenvalue weighted by atomic mass is 9.98. The van der Waals surface area contributed by atoms with Crippen LogP contribution in [-0.4, -0.2) is 26.8 Å². The number of ether oxygens (including phenoxy) is 3. The molecule has 1 aliphatic carbocycles. The summed E-state index contributed by atoms with van der Waals surface area (Å²) < 4.78 is 30.3. The molecule has 6 heteroatoms. The Labute approximate surface area is 206 Å². The molecule has 5 rings (SSSR count). The average molecular weight is 478 g/mol. The van der Waals surface area contributed by atoms with Crippen molar-refractivity contribution in [2.45, 2.75) is 38.6 Å². The number of halogens is 1. The highest BCUT2D eigenvalue weighted by Gasteiger charge is 2.22. The first-order valence-corrected chi connectivity index (χ1v) is 12.0. The third-order valence-electron chi connectivity index (χ3n) is 6.08. The van der Waals surface area contributed by atoms with E-state index in [2.05, 4.69) is 5.32 Å². The van der Waals surface area contributed by atoms with Crippen molar-refractivity contribution in [3.05, 3.63) is 77.6 Å². The zero-order valence-electron chi connectivity index (χ0n) is 20.5. The van der Waals surface area contributed by atoms with Gasteiger partial charge in [0.15, 0.2) is 0 Å². The van der Waals surface area contributed by atoms with Gasteiger partial charge in [0.1, 0.15) is 23.9 Å².